The highest BCUT2D eigenvalue weighted by molar-refractivity contribution is 7.15. The lowest BCUT2D eigenvalue weighted by atomic mass is 10.2. The number of nitrogens with zero attached hydrogens (tertiary/aromatic N) is 2. The zero-order chi connectivity index (χ0) is 12.6. The topological polar surface area (TPSA) is 45.2 Å². The van der Waals surface area contributed by atoms with Gasteiger partial charge in [-0.15, -0.1) is 0 Å². The number of carbonyl (C=O) groups is 1. The molecule has 1 N–H and O–H groups in total. The van der Waals surface area contributed by atoms with Crippen LogP contribution in [-0.2, 0) is 11.0 Å². The lowest BCUT2D eigenvalue weighted by Gasteiger charge is -2.30. The zero-order valence-corrected chi connectivity index (χ0v) is 9.73. The Kier molecular flexibility index (Phi) is 2.98. The molecular weight excluding hydrogens is 255 g/mol. The monoisotopic (exact) mass is 265 g/mol. The van der Waals surface area contributed by atoms with E-state index >= 15 is 0 Å². The van der Waals surface area contributed by atoms with Crippen molar-refractivity contribution >= 4 is 22.4 Å². The Morgan fingerprint density at radius 1 is 1.59 bits per heavy atom. The van der Waals surface area contributed by atoms with E-state index in [0.717, 1.165) is 6.20 Å². The van der Waals surface area contributed by atoms with Crippen LogP contribution in [0, 0.1) is 0 Å². The number of thiazole rings is 1. The zero-order valence-electron chi connectivity index (χ0n) is 8.91. The number of aromatic nitrogens is 1. The number of alkyl halides is 3. The molecule has 17 heavy (non-hydrogen) atoms. The van der Waals surface area contributed by atoms with Gasteiger partial charge in [-0.3, -0.25) is 4.79 Å². The van der Waals surface area contributed by atoms with E-state index in [4.69, 9.17) is 0 Å². The molecule has 1 saturated heterocycles. The molecule has 1 fully saturated rings. The van der Waals surface area contributed by atoms with Gasteiger partial charge in [0.15, 0.2) is 5.13 Å². The lowest BCUT2D eigenvalue weighted by molar-refractivity contribution is -0.134. The summed E-state index contributed by atoms with van der Waals surface area (Å²) < 4.78 is 37.2. The first kappa shape index (κ1) is 12.2. The van der Waals surface area contributed by atoms with Crippen LogP contribution >= 0.6 is 11.3 Å². The predicted molar refractivity (Wildman–Crippen MR) is 56.9 cm³/mol. The van der Waals surface area contributed by atoms with Crippen LogP contribution in [-0.4, -0.2) is 30.0 Å². The quantitative estimate of drug-likeness (QED) is 0.836. The second kappa shape index (κ2) is 4.17. The average Bonchev–Trinajstić information content (AvgIpc) is 2.63. The largest absolute Gasteiger partial charge is 0.427 e. The first-order valence-corrected chi connectivity index (χ1v) is 5.75. The lowest BCUT2D eigenvalue weighted by Crippen LogP contribution is -2.52. The van der Waals surface area contributed by atoms with Gasteiger partial charge in [0.2, 0.25) is 5.91 Å². The van der Waals surface area contributed by atoms with E-state index in [9.17, 15) is 18.0 Å². The third-order valence-corrected chi connectivity index (χ3v) is 3.38. The van der Waals surface area contributed by atoms with Crippen molar-refractivity contribution in [1.82, 2.24) is 10.3 Å². The molecule has 2 rings (SSSR count). The van der Waals surface area contributed by atoms with Gasteiger partial charge in [-0.2, -0.15) is 13.2 Å². The smallest absolute Gasteiger partial charge is 0.350 e. The number of hydrogen-bond acceptors (Lipinski definition) is 4. The van der Waals surface area contributed by atoms with E-state index in [1.54, 1.807) is 11.8 Å². The molecule has 8 heteroatoms. The molecule has 1 aromatic rings. The van der Waals surface area contributed by atoms with E-state index < -0.39 is 11.1 Å². The summed E-state index contributed by atoms with van der Waals surface area (Å²) in [6.07, 6.45) is -3.57. The summed E-state index contributed by atoms with van der Waals surface area (Å²) >= 11 is 0.560. The predicted octanol–water partition coefficient (Wildman–Crippen LogP) is 1.49. The Morgan fingerprint density at radius 2 is 2.29 bits per heavy atom. The van der Waals surface area contributed by atoms with Crippen molar-refractivity contribution in [2.24, 2.45) is 0 Å². The molecule has 0 spiro atoms. The van der Waals surface area contributed by atoms with Crippen LogP contribution in [0.2, 0.25) is 0 Å². The minimum absolute atomic E-state index is 0.0507. The van der Waals surface area contributed by atoms with E-state index in [1.165, 1.54) is 0 Å². The van der Waals surface area contributed by atoms with Gasteiger partial charge in [-0.1, -0.05) is 11.3 Å². The summed E-state index contributed by atoms with van der Waals surface area (Å²) in [6.45, 7) is 2.31. The van der Waals surface area contributed by atoms with E-state index in [-0.39, 0.29) is 23.6 Å². The molecule has 2 heterocycles. The summed E-state index contributed by atoms with van der Waals surface area (Å²) in [5, 5.41) is 2.93. The highest BCUT2D eigenvalue weighted by Gasteiger charge is 2.34. The number of piperazine rings is 1. The summed E-state index contributed by atoms with van der Waals surface area (Å²) in [4.78, 5) is 15.8. The molecule has 1 unspecified atom stereocenters. The second-order valence-corrected chi connectivity index (χ2v) is 4.86. The Hall–Kier alpha value is -1.31. The van der Waals surface area contributed by atoms with E-state index in [1.807, 2.05) is 0 Å². The summed E-state index contributed by atoms with van der Waals surface area (Å²) in [5.41, 5.74) is 0. The van der Waals surface area contributed by atoms with E-state index in [2.05, 4.69) is 10.3 Å². The maximum Gasteiger partial charge on any atom is 0.427 e. The van der Waals surface area contributed by atoms with Gasteiger partial charge in [0, 0.05) is 12.6 Å². The van der Waals surface area contributed by atoms with Gasteiger partial charge in [-0.05, 0) is 6.92 Å². The van der Waals surface area contributed by atoms with Crippen molar-refractivity contribution in [2.75, 3.05) is 18.0 Å². The molecule has 0 radical (unpaired) electrons. The Morgan fingerprint density at radius 3 is 2.82 bits per heavy atom. The van der Waals surface area contributed by atoms with Gasteiger partial charge < -0.3 is 10.2 Å². The number of carbonyl (C=O) groups excluding carboxylic acids is 1. The van der Waals surface area contributed by atoms with Crippen LogP contribution in [0.1, 0.15) is 11.8 Å². The van der Waals surface area contributed by atoms with Gasteiger partial charge in [-0.25, -0.2) is 4.98 Å². The Bertz CT molecular complexity index is 431. The normalized spacial score (nSPS) is 21.5. The van der Waals surface area contributed by atoms with Crippen molar-refractivity contribution in [3.63, 3.8) is 0 Å². The van der Waals surface area contributed by atoms with Crippen molar-refractivity contribution in [3.8, 4) is 0 Å². The van der Waals surface area contributed by atoms with Crippen molar-refractivity contribution < 1.29 is 18.0 Å². The van der Waals surface area contributed by atoms with Gasteiger partial charge in [0.25, 0.3) is 0 Å². The van der Waals surface area contributed by atoms with Gasteiger partial charge in [0.05, 0.1) is 12.7 Å². The summed E-state index contributed by atoms with van der Waals surface area (Å²) in [7, 11) is 0. The minimum atomic E-state index is -4.38. The Labute approximate surface area is 99.4 Å². The van der Waals surface area contributed by atoms with Gasteiger partial charge in [0.1, 0.15) is 4.88 Å². The molecule has 4 nitrogen and oxygen atoms in total. The first-order chi connectivity index (χ1) is 7.86. The highest BCUT2D eigenvalue weighted by atomic mass is 32.1. The van der Waals surface area contributed by atoms with Gasteiger partial charge >= 0.3 is 6.18 Å². The molecule has 1 atom stereocenters. The fraction of sp³-hybridized carbons (Fsp3) is 0.556. The highest BCUT2D eigenvalue weighted by Crippen LogP contribution is 2.36. The fourth-order valence-electron chi connectivity index (χ4n) is 1.62. The number of amides is 1. The Balaban J connectivity index is 2.17. The number of halogens is 3. The van der Waals surface area contributed by atoms with Crippen molar-refractivity contribution in [1.29, 1.82) is 0 Å². The van der Waals surface area contributed by atoms with Crippen molar-refractivity contribution in [2.45, 2.75) is 19.1 Å². The number of rotatable bonds is 1. The molecule has 0 aliphatic carbocycles. The summed E-state index contributed by atoms with van der Waals surface area (Å²) in [5.74, 6) is -0.201. The minimum Gasteiger partial charge on any atom is -0.350 e. The van der Waals surface area contributed by atoms with Crippen LogP contribution in [0.15, 0.2) is 6.20 Å². The second-order valence-electron chi connectivity index (χ2n) is 3.85. The molecular formula is C9H10F3N3OS. The molecule has 1 amide bonds. The SMILES string of the molecule is CC1CN(c2ncc(C(F)(F)F)s2)CC(=O)N1. The third-order valence-electron chi connectivity index (χ3n) is 2.28. The molecule has 0 aromatic carbocycles. The molecule has 1 aliphatic rings. The number of hydrogen-bond donors (Lipinski definition) is 1. The standard InChI is InChI=1S/C9H10F3N3OS/c1-5-3-15(4-7(16)14-5)8-13-2-6(17-8)9(10,11)12/h2,5H,3-4H2,1H3,(H,14,16). The average molecular weight is 265 g/mol. The number of nitrogens with one attached hydrogen (secondary N) is 1. The summed E-state index contributed by atoms with van der Waals surface area (Å²) in [6, 6.07) is -0.0884. The van der Waals surface area contributed by atoms with Crippen molar-refractivity contribution in [3.05, 3.63) is 11.1 Å². The van der Waals surface area contributed by atoms with Crippen LogP contribution in [0.4, 0.5) is 18.3 Å². The first-order valence-electron chi connectivity index (χ1n) is 4.93. The fourth-order valence-corrected chi connectivity index (χ4v) is 2.41. The molecule has 0 bridgehead atoms. The van der Waals surface area contributed by atoms with Crippen LogP contribution in [0.3, 0.4) is 0 Å². The van der Waals surface area contributed by atoms with Crippen LogP contribution in [0.5, 0.6) is 0 Å². The van der Waals surface area contributed by atoms with Crippen LogP contribution < -0.4 is 10.2 Å². The van der Waals surface area contributed by atoms with E-state index in [0.29, 0.717) is 17.9 Å². The maximum absolute atomic E-state index is 12.4. The molecule has 0 saturated carbocycles. The van der Waals surface area contributed by atoms with Crippen LogP contribution in [0.25, 0.3) is 0 Å². The molecule has 94 valence electrons. The molecule has 1 aliphatic heterocycles. The maximum atomic E-state index is 12.4. The molecule has 1 aromatic heterocycles. The number of anilines is 1. The third kappa shape index (κ3) is 2.68.